The number of hydrogen-bond acceptors (Lipinski definition) is 18. The van der Waals surface area contributed by atoms with E-state index in [1.165, 1.54) is 13.8 Å². The molecule has 82 heavy (non-hydrogen) atoms. The summed E-state index contributed by atoms with van der Waals surface area (Å²) in [7, 11) is 0. The number of aliphatic hydroxyl groups excluding tert-OH is 2. The monoisotopic (exact) mass is 1170 g/mol. The number of rotatable bonds is 29. The van der Waals surface area contributed by atoms with Crippen molar-refractivity contribution < 1.29 is 63.0 Å². The molecule has 0 aliphatic carbocycles. The minimum Gasteiger partial charge on any atom is -0.391 e. The quantitative estimate of drug-likeness (QED) is 0.0311. The molecular formula is C53H100N16O13. The van der Waals surface area contributed by atoms with Gasteiger partial charge >= 0.3 is 0 Å². The molecule has 1 fully saturated rings. The number of unbranched alkanes of at least 4 members (excludes halogenated alkanes) is 2. The third-order valence-electron chi connectivity index (χ3n) is 13.3. The van der Waals surface area contributed by atoms with Crippen molar-refractivity contribution in [3.8, 4) is 0 Å². The summed E-state index contributed by atoms with van der Waals surface area (Å²) < 4.78 is 0. The third-order valence-corrected chi connectivity index (χ3v) is 13.3. The second-order valence-electron chi connectivity index (χ2n) is 22.2. The predicted molar refractivity (Wildman–Crippen MR) is 305 cm³/mol. The molecule has 0 unspecified atom stereocenters. The van der Waals surface area contributed by atoms with E-state index in [0.29, 0.717) is 12.3 Å². The zero-order valence-electron chi connectivity index (χ0n) is 49.4. The Labute approximate surface area is 482 Å². The van der Waals surface area contributed by atoms with Crippen molar-refractivity contribution >= 4 is 65.0 Å². The van der Waals surface area contributed by atoms with Crippen LogP contribution in [0.3, 0.4) is 0 Å². The first-order chi connectivity index (χ1) is 38.6. The largest absolute Gasteiger partial charge is 0.391 e. The van der Waals surface area contributed by atoms with E-state index in [4.69, 9.17) is 28.7 Å². The van der Waals surface area contributed by atoms with Gasteiger partial charge in [0.2, 0.25) is 65.0 Å². The van der Waals surface area contributed by atoms with Crippen LogP contribution in [0.4, 0.5) is 0 Å². The Balaban J connectivity index is 3.81. The molecule has 0 saturated carbocycles. The first-order valence-corrected chi connectivity index (χ1v) is 28.8. The lowest BCUT2D eigenvalue weighted by atomic mass is 9.99. The molecule has 0 radical (unpaired) electrons. The summed E-state index contributed by atoms with van der Waals surface area (Å²) in [6, 6.07) is -14.5. The second-order valence-corrected chi connectivity index (χ2v) is 22.2. The highest BCUT2D eigenvalue weighted by Gasteiger charge is 2.37. The molecule has 1 heterocycles. The van der Waals surface area contributed by atoms with Gasteiger partial charge in [0.15, 0.2) is 0 Å². The summed E-state index contributed by atoms with van der Waals surface area (Å²) in [6.07, 6.45) is -0.749. The summed E-state index contributed by atoms with van der Waals surface area (Å²) in [5, 5.41) is 49.5. The molecular weight excluding hydrogens is 1070 g/mol. The first-order valence-electron chi connectivity index (χ1n) is 28.8. The van der Waals surface area contributed by atoms with E-state index < -0.39 is 151 Å². The topological polar surface area (TPSA) is 491 Å². The van der Waals surface area contributed by atoms with E-state index in [9.17, 15) is 63.0 Å². The fourth-order valence-corrected chi connectivity index (χ4v) is 8.80. The van der Waals surface area contributed by atoms with Gasteiger partial charge < -0.3 is 97.4 Å². The van der Waals surface area contributed by atoms with Gasteiger partial charge in [0, 0.05) is 13.0 Å². The van der Waals surface area contributed by atoms with Crippen LogP contribution in [-0.4, -0.2) is 187 Å². The highest BCUT2D eigenvalue weighted by molar-refractivity contribution is 5.99. The zero-order chi connectivity index (χ0) is 62.2. The van der Waals surface area contributed by atoms with Gasteiger partial charge in [0.1, 0.15) is 60.4 Å². The molecule has 0 aromatic rings. The summed E-state index contributed by atoms with van der Waals surface area (Å²) in [4.78, 5) is 153. The van der Waals surface area contributed by atoms with E-state index >= 15 is 0 Å². The van der Waals surface area contributed by atoms with Crippen molar-refractivity contribution in [2.24, 2.45) is 46.4 Å². The molecule has 0 spiro atoms. The zero-order valence-corrected chi connectivity index (χ0v) is 49.4. The average molecular weight is 1170 g/mol. The van der Waals surface area contributed by atoms with Gasteiger partial charge in [-0.15, -0.1) is 0 Å². The van der Waals surface area contributed by atoms with Crippen molar-refractivity contribution in [2.75, 3.05) is 39.3 Å². The lowest BCUT2D eigenvalue weighted by Gasteiger charge is -2.29. The van der Waals surface area contributed by atoms with Gasteiger partial charge in [-0.1, -0.05) is 60.8 Å². The normalized spacial score (nSPS) is 23.1. The average Bonchev–Trinajstić information content (AvgIpc) is 3.38. The van der Waals surface area contributed by atoms with Gasteiger partial charge in [-0.05, 0) is 122 Å². The summed E-state index contributed by atoms with van der Waals surface area (Å²) in [5.74, 6) is -9.47. The molecule has 470 valence electrons. The standard InChI is InChI=1S/C53H100N16O13/c1-28(2)12-10-9-11-13-41(72)60-33(14-20-54)48(77)69-43(32(8)71)53(82)65-36(17-23-57)45(74)64-38-19-25-59-52(81)42(31(7)70)68-49(78)37(18-24-58)62-44(73)34(15-21-55)63-50(79)39(26-29(3)4)67-51(80)40(27-30(5)6)66-46(75)35(16-22-56)61-47(38)76/h28-40,42-43,70-71H,9-27,54-58H2,1-8H3,(H,59,81)(H,60,72)(H,61,76)(H,62,73)(H,63,79)(H,64,74)(H,65,82)(H,66,75)(H,67,80)(H,68,78)(H,69,77)/t31-,32-,33+,34+,35+,36+,37+,38+,39+,40-,42+,43+/m1/s1. The molecule has 1 aliphatic heterocycles. The van der Waals surface area contributed by atoms with E-state index in [-0.39, 0.29) is 95.9 Å². The Morgan fingerprint density at radius 3 is 1.35 bits per heavy atom. The third kappa shape index (κ3) is 27.8. The Kier molecular flexibility index (Phi) is 35.5. The van der Waals surface area contributed by atoms with Crippen molar-refractivity contribution in [1.29, 1.82) is 0 Å². The Hall–Kier alpha value is -6.11. The maximum atomic E-state index is 14.4. The van der Waals surface area contributed by atoms with Crippen LogP contribution in [0.15, 0.2) is 0 Å². The molecule has 29 nitrogen and oxygen atoms in total. The lowest BCUT2D eigenvalue weighted by molar-refractivity contribution is -0.137. The van der Waals surface area contributed by atoms with Crippen LogP contribution < -0.4 is 87.2 Å². The molecule has 1 saturated heterocycles. The summed E-state index contributed by atoms with van der Waals surface area (Å²) >= 11 is 0. The fourth-order valence-electron chi connectivity index (χ4n) is 8.80. The minimum atomic E-state index is -1.69. The van der Waals surface area contributed by atoms with Crippen LogP contribution >= 0.6 is 0 Å². The number of aliphatic hydroxyl groups is 2. The highest BCUT2D eigenvalue weighted by Crippen LogP contribution is 2.13. The number of carbonyl (C=O) groups excluding carboxylic acids is 11. The van der Waals surface area contributed by atoms with Crippen LogP contribution in [0.25, 0.3) is 0 Å². The van der Waals surface area contributed by atoms with Gasteiger partial charge in [0.25, 0.3) is 0 Å². The lowest BCUT2D eigenvalue weighted by Crippen LogP contribution is -2.62. The molecule has 12 atom stereocenters. The minimum absolute atomic E-state index is 0.0126. The predicted octanol–water partition coefficient (Wildman–Crippen LogP) is -5.44. The summed E-state index contributed by atoms with van der Waals surface area (Å²) in [6.45, 7) is 12.7. The van der Waals surface area contributed by atoms with Gasteiger partial charge in [-0.25, -0.2) is 0 Å². The van der Waals surface area contributed by atoms with Crippen molar-refractivity contribution in [2.45, 2.75) is 211 Å². The number of amides is 11. The fraction of sp³-hybridized carbons (Fsp3) is 0.792. The Morgan fingerprint density at radius 1 is 0.488 bits per heavy atom. The van der Waals surface area contributed by atoms with E-state index in [2.05, 4.69) is 72.3 Å². The van der Waals surface area contributed by atoms with Crippen LogP contribution in [-0.2, 0) is 52.7 Å². The summed E-state index contributed by atoms with van der Waals surface area (Å²) in [5.41, 5.74) is 29.2. The molecule has 29 heteroatoms. The number of nitrogens with two attached hydrogens (primary N) is 5. The first kappa shape index (κ1) is 73.9. The van der Waals surface area contributed by atoms with Crippen molar-refractivity contribution in [3.63, 3.8) is 0 Å². The van der Waals surface area contributed by atoms with Crippen LogP contribution in [0.1, 0.15) is 139 Å². The molecule has 0 bridgehead atoms. The molecule has 11 amide bonds. The van der Waals surface area contributed by atoms with E-state index in [1.807, 2.05) is 0 Å². The Morgan fingerprint density at radius 2 is 0.927 bits per heavy atom. The van der Waals surface area contributed by atoms with Crippen LogP contribution in [0, 0.1) is 17.8 Å². The molecule has 1 aliphatic rings. The van der Waals surface area contributed by atoms with Gasteiger partial charge in [-0.2, -0.15) is 0 Å². The van der Waals surface area contributed by atoms with Crippen LogP contribution in [0.5, 0.6) is 0 Å². The molecule has 1 rings (SSSR count). The number of carbonyl (C=O) groups is 11. The number of nitrogens with one attached hydrogen (secondary N) is 11. The highest BCUT2D eigenvalue weighted by atomic mass is 16.3. The maximum absolute atomic E-state index is 14.4. The smallest absolute Gasteiger partial charge is 0.245 e. The molecule has 0 aromatic carbocycles. The maximum Gasteiger partial charge on any atom is 0.245 e. The number of hydrogen-bond donors (Lipinski definition) is 18. The molecule has 23 N–H and O–H groups in total. The van der Waals surface area contributed by atoms with Crippen molar-refractivity contribution in [3.05, 3.63) is 0 Å². The van der Waals surface area contributed by atoms with Crippen molar-refractivity contribution in [1.82, 2.24) is 58.5 Å². The van der Waals surface area contributed by atoms with Crippen LogP contribution in [0.2, 0.25) is 0 Å². The van der Waals surface area contributed by atoms with Gasteiger partial charge in [-0.3, -0.25) is 52.7 Å². The second kappa shape index (κ2) is 39.4. The SMILES string of the molecule is CC(C)CCCCCC(=O)N[C@@H](CCN)C(=O)N[C@H](C(=O)N[C@@H](CCN)C(=O)N[C@H]1CCNC(=O)[C@H]([C@@H](C)O)NC(=O)[C@H](CCN)NC(=O)[C@H](CCN)NC(=O)[C@H](CC(C)C)NC(=O)[C@@H](CC(C)C)NC(=O)[C@H](CCN)NC1=O)[C@@H](C)O. The Bertz CT molecular complexity index is 2060. The van der Waals surface area contributed by atoms with E-state index in [0.717, 1.165) is 19.3 Å². The van der Waals surface area contributed by atoms with E-state index in [1.54, 1.807) is 27.7 Å². The van der Waals surface area contributed by atoms with Gasteiger partial charge in [0.05, 0.1) is 12.2 Å². The molecule has 0 aromatic heterocycles.